The van der Waals surface area contributed by atoms with Gasteiger partial charge in [0.2, 0.25) is 0 Å². The fourth-order valence-electron chi connectivity index (χ4n) is 3.37. The van der Waals surface area contributed by atoms with Crippen LogP contribution in [0.2, 0.25) is 0 Å². The van der Waals surface area contributed by atoms with Crippen molar-refractivity contribution >= 4 is 11.0 Å². The van der Waals surface area contributed by atoms with E-state index in [2.05, 4.69) is 15.0 Å². The van der Waals surface area contributed by atoms with E-state index in [1.54, 1.807) is 18.3 Å². The first kappa shape index (κ1) is 18.9. The molecule has 0 aliphatic rings. The third-order valence-electron chi connectivity index (χ3n) is 4.76. The summed E-state index contributed by atoms with van der Waals surface area (Å²) in [4.78, 5) is 25.5. The molecule has 4 aromatic rings. The fraction of sp³-hybridized carbons (Fsp3) is 0.182. The molecule has 3 aromatic heterocycles. The van der Waals surface area contributed by atoms with Crippen molar-refractivity contribution in [2.45, 2.75) is 26.7 Å². The second kappa shape index (κ2) is 7.16. The summed E-state index contributed by atoms with van der Waals surface area (Å²) in [6, 6.07) is 8.81. The molecule has 0 N–H and O–H groups in total. The van der Waals surface area contributed by atoms with E-state index in [1.165, 1.54) is 35.0 Å². The topological polar surface area (TPSA) is 60.7 Å². The van der Waals surface area contributed by atoms with Gasteiger partial charge in [0.1, 0.15) is 17.3 Å². The number of rotatable bonds is 3. The lowest BCUT2D eigenvalue weighted by molar-refractivity contribution is 0.613. The Kier molecular flexibility index (Phi) is 4.66. The molecule has 0 aliphatic carbocycles. The van der Waals surface area contributed by atoms with Crippen LogP contribution in [0, 0.1) is 18.6 Å². The number of pyridine rings is 2. The maximum absolute atomic E-state index is 14.8. The van der Waals surface area contributed by atoms with Gasteiger partial charge in [0.05, 0.1) is 11.4 Å². The minimum atomic E-state index is -0.693. The highest BCUT2D eigenvalue weighted by molar-refractivity contribution is 5.80. The van der Waals surface area contributed by atoms with Crippen LogP contribution in [0.4, 0.5) is 8.78 Å². The van der Waals surface area contributed by atoms with Gasteiger partial charge in [-0.2, -0.15) is 0 Å². The summed E-state index contributed by atoms with van der Waals surface area (Å²) in [7, 11) is 0. The summed E-state index contributed by atoms with van der Waals surface area (Å²) < 4.78 is 30.4. The number of fused-ring (bicyclic) bond motifs is 1. The van der Waals surface area contributed by atoms with Crippen LogP contribution < -0.4 is 5.69 Å². The van der Waals surface area contributed by atoms with Crippen LogP contribution in [0.15, 0.2) is 53.6 Å². The van der Waals surface area contributed by atoms with Crippen molar-refractivity contribution in [2.75, 3.05) is 0 Å². The highest BCUT2D eigenvalue weighted by atomic mass is 19.1. The Morgan fingerprint density at radius 2 is 1.79 bits per heavy atom. The molecule has 146 valence electrons. The van der Waals surface area contributed by atoms with Gasteiger partial charge in [-0.25, -0.2) is 28.1 Å². The second-order valence-corrected chi connectivity index (χ2v) is 7.10. The van der Waals surface area contributed by atoms with E-state index in [0.717, 1.165) is 5.56 Å². The molecule has 0 aliphatic heterocycles. The van der Waals surface area contributed by atoms with Crippen molar-refractivity contribution in [3.05, 3.63) is 82.2 Å². The molecule has 0 unspecified atom stereocenters. The van der Waals surface area contributed by atoms with Crippen molar-refractivity contribution in [2.24, 2.45) is 0 Å². The molecule has 0 spiro atoms. The number of aromatic nitrogens is 4. The Bertz CT molecular complexity index is 1300. The van der Waals surface area contributed by atoms with Gasteiger partial charge in [-0.15, -0.1) is 0 Å². The molecule has 0 amide bonds. The van der Waals surface area contributed by atoms with Crippen LogP contribution in [0.25, 0.3) is 28.0 Å². The van der Waals surface area contributed by atoms with Crippen molar-refractivity contribution in [3.8, 4) is 16.9 Å². The highest BCUT2D eigenvalue weighted by Gasteiger charge is 2.20. The van der Waals surface area contributed by atoms with E-state index < -0.39 is 17.3 Å². The zero-order valence-corrected chi connectivity index (χ0v) is 16.1. The summed E-state index contributed by atoms with van der Waals surface area (Å²) in [5.74, 6) is -1.26. The smallest absolute Gasteiger partial charge is 0.259 e. The van der Waals surface area contributed by atoms with Gasteiger partial charge in [-0.3, -0.25) is 4.98 Å². The standard InChI is InChI=1S/C22H18F2N4O/c1-12(2)18-20(13(3)8-9-25-18)28-21-14(11-26-22(28)29)10-17(24)19(27-21)15-6-4-5-7-16(15)23/h4-12H,1-3H3. The number of halogens is 2. The molecule has 0 fully saturated rings. The van der Waals surface area contributed by atoms with Crippen molar-refractivity contribution < 1.29 is 8.78 Å². The Labute approximate surface area is 165 Å². The first-order valence-corrected chi connectivity index (χ1v) is 9.17. The molecule has 1 aromatic carbocycles. The van der Waals surface area contributed by atoms with Gasteiger partial charge in [0, 0.05) is 23.3 Å². The number of benzene rings is 1. The maximum Gasteiger partial charge on any atom is 0.353 e. The van der Waals surface area contributed by atoms with Crippen molar-refractivity contribution in [3.63, 3.8) is 0 Å². The molecule has 0 saturated carbocycles. The summed E-state index contributed by atoms with van der Waals surface area (Å²) in [5, 5.41) is 0.333. The normalized spacial score (nSPS) is 11.4. The molecular weight excluding hydrogens is 374 g/mol. The summed E-state index contributed by atoms with van der Waals surface area (Å²) in [5.41, 5.74) is 1.55. The van der Waals surface area contributed by atoms with Gasteiger partial charge in [0.15, 0.2) is 5.65 Å². The predicted molar refractivity (Wildman–Crippen MR) is 107 cm³/mol. The van der Waals surface area contributed by atoms with E-state index >= 15 is 0 Å². The van der Waals surface area contributed by atoms with E-state index in [9.17, 15) is 13.6 Å². The quantitative estimate of drug-likeness (QED) is 0.513. The predicted octanol–water partition coefficient (Wildman–Crippen LogP) is 4.55. The maximum atomic E-state index is 14.8. The molecule has 7 heteroatoms. The number of hydrogen-bond donors (Lipinski definition) is 0. The van der Waals surface area contributed by atoms with E-state index in [0.29, 0.717) is 16.8 Å². The van der Waals surface area contributed by atoms with Crippen molar-refractivity contribution in [1.29, 1.82) is 0 Å². The summed E-state index contributed by atoms with van der Waals surface area (Å²) in [6.45, 7) is 5.79. The van der Waals surface area contributed by atoms with Gasteiger partial charge in [-0.05, 0) is 42.7 Å². The number of hydrogen-bond acceptors (Lipinski definition) is 4. The zero-order valence-electron chi connectivity index (χ0n) is 16.1. The van der Waals surface area contributed by atoms with E-state index in [1.807, 2.05) is 20.8 Å². The Morgan fingerprint density at radius 1 is 1.03 bits per heavy atom. The van der Waals surface area contributed by atoms with Gasteiger partial charge in [-0.1, -0.05) is 26.0 Å². The van der Waals surface area contributed by atoms with Gasteiger partial charge >= 0.3 is 5.69 Å². The van der Waals surface area contributed by atoms with Crippen LogP contribution in [-0.2, 0) is 0 Å². The van der Waals surface area contributed by atoms with Crippen LogP contribution >= 0.6 is 0 Å². The Balaban J connectivity index is 2.12. The fourth-order valence-corrected chi connectivity index (χ4v) is 3.37. The summed E-state index contributed by atoms with van der Waals surface area (Å²) in [6.07, 6.45) is 2.95. The lowest BCUT2D eigenvalue weighted by Gasteiger charge is -2.17. The lowest BCUT2D eigenvalue weighted by Crippen LogP contribution is -2.24. The SMILES string of the molecule is Cc1ccnc(C(C)C)c1-n1c(=O)ncc2cc(F)c(-c3ccccc3F)nc21. The third kappa shape index (κ3) is 3.18. The first-order chi connectivity index (χ1) is 13.9. The van der Waals surface area contributed by atoms with E-state index in [4.69, 9.17) is 0 Å². The minimum absolute atomic E-state index is 0.0229. The molecule has 0 bridgehead atoms. The Hall–Kier alpha value is -3.48. The molecule has 0 atom stereocenters. The largest absolute Gasteiger partial charge is 0.353 e. The summed E-state index contributed by atoms with van der Waals surface area (Å²) >= 11 is 0. The second-order valence-electron chi connectivity index (χ2n) is 7.10. The zero-order chi connectivity index (χ0) is 20.7. The molecular formula is C22H18F2N4O. The molecule has 0 radical (unpaired) electrons. The van der Waals surface area contributed by atoms with Crippen LogP contribution in [0.3, 0.4) is 0 Å². The Morgan fingerprint density at radius 3 is 2.52 bits per heavy atom. The van der Waals surface area contributed by atoms with Crippen LogP contribution in [-0.4, -0.2) is 19.5 Å². The van der Waals surface area contributed by atoms with Crippen molar-refractivity contribution in [1.82, 2.24) is 19.5 Å². The molecule has 4 rings (SSSR count). The number of aryl methyl sites for hydroxylation is 1. The van der Waals surface area contributed by atoms with Crippen LogP contribution in [0.5, 0.6) is 0 Å². The van der Waals surface area contributed by atoms with E-state index in [-0.39, 0.29) is 22.8 Å². The van der Waals surface area contributed by atoms with Gasteiger partial charge in [0.25, 0.3) is 0 Å². The van der Waals surface area contributed by atoms with Crippen LogP contribution in [0.1, 0.15) is 31.0 Å². The van der Waals surface area contributed by atoms with Gasteiger partial charge < -0.3 is 0 Å². The molecule has 29 heavy (non-hydrogen) atoms. The lowest BCUT2D eigenvalue weighted by atomic mass is 10.0. The first-order valence-electron chi connectivity index (χ1n) is 9.17. The third-order valence-corrected chi connectivity index (χ3v) is 4.76. The monoisotopic (exact) mass is 392 g/mol. The minimum Gasteiger partial charge on any atom is -0.259 e. The molecule has 0 saturated heterocycles. The number of nitrogens with zero attached hydrogens (tertiary/aromatic N) is 4. The average Bonchev–Trinajstić information content (AvgIpc) is 2.69. The molecule has 5 nitrogen and oxygen atoms in total. The average molecular weight is 392 g/mol. The highest BCUT2D eigenvalue weighted by Crippen LogP contribution is 2.29. The molecule has 3 heterocycles.